The lowest BCUT2D eigenvalue weighted by Gasteiger charge is -2.13. The maximum absolute atomic E-state index is 11.9. The number of nitrogens with two attached hydrogens (primary N) is 1. The fourth-order valence-corrected chi connectivity index (χ4v) is 1.45. The topological polar surface area (TPSA) is 84.6 Å². The Morgan fingerprint density at radius 2 is 2.29 bits per heavy atom. The van der Waals surface area contributed by atoms with Crippen LogP contribution in [0.4, 0.5) is 0 Å². The van der Waals surface area contributed by atoms with Crippen molar-refractivity contribution in [3.05, 3.63) is 23.8 Å². The maximum Gasteiger partial charge on any atom is 0.255 e. The van der Waals surface area contributed by atoms with Gasteiger partial charge >= 0.3 is 0 Å². The second-order valence-corrected chi connectivity index (χ2v) is 3.83. The molecular weight excluding hydrogens is 220 g/mol. The molecule has 1 atom stereocenters. The highest BCUT2D eigenvalue weighted by Gasteiger charge is 2.14. The molecule has 0 spiro atoms. The minimum absolute atomic E-state index is 0.0295. The molecule has 17 heavy (non-hydrogen) atoms. The molecular formula is C12H18N2O3. The Labute approximate surface area is 101 Å². The third-order valence-corrected chi connectivity index (χ3v) is 2.43. The van der Waals surface area contributed by atoms with Gasteiger partial charge in [0.1, 0.15) is 11.5 Å². The molecule has 5 heteroatoms. The summed E-state index contributed by atoms with van der Waals surface area (Å²) in [5.74, 6) is 0.130. The molecule has 1 amide bonds. The van der Waals surface area contributed by atoms with E-state index < -0.39 is 0 Å². The number of aromatic hydroxyl groups is 1. The average Bonchev–Trinajstić information content (AvgIpc) is 2.29. The van der Waals surface area contributed by atoms with Crippen LogP contribution in [0.5, 0.6) is 11.5 Å². The van der Waals surface area contributed by atoms with Crippen LogP contribution < -0.4 is 15.8 Å². The summed E-state index contributed by atoms with van der Waals surface area (Å²) in [4.78, 5) is 11.9. The molecule has 0 aromatic heterocycles. The zero-order valence-corrected chi connectivity index (χ0v) is 10.1. The Morgan fingerprint density at radius 1 is 1.59 bits per heavy atom. The van der Waals surface area contributed by atoms with Crippen LogP contribution in [0.1, 0.15) is 23.7 Å². The summed E-state index contributed by atoms with van der Waals surface area (Å²) in [6, 6.07) is 4.49. The van der Waals surface area contributed by atoms with Crippen LogP contribution in [-0.2, 0) is 0 Å². The molecule has 0 bridgehead atoms. The van der Waals surface area contributed by atoms with Crippen molar-refractivity contribution in [2.24, 2.45) is 5.73 Å². The highest BCUT2D eigenvalue weighted by atomic mass is 16.5. The Morgan fingerprint density at radius 3 is 2.88 bits per heavy atom. The largest absolute Gasteiger partial charge is 0.507 e. The van der Waals surface area contributed by atoms with Crippen LogP contribution >= 0.6 is 0 Å². The summed E-state index contributed by atoms with van der Waals surface area (Å²) in [6.45, 7) is 2.37. The van der Waals surface area contributed by atoms with E-state index in [2.05, 4.69) is 5.32 Å². The van der Waals surface area contributed by atoms with Gasteiger partial charge in [-0.05, 0) is 38.1 Å². The molecule has 0 aliphatic rings. The summed E-state index contributed by atoms with van der Waals surface area (Å²) in [5, 5.41) is 12.4. The number of nitrogens with one attached hydrogen (secondary N) is 1. The summed E-state index contributed by atoms with van der Waals surface area (Å²) in [7, 11) is 1.51. The maximum atomic E-state index is 11.9. The Kier molecular flexibility index (Phi) is 4.78. The number of ether oxygens (including phenoxy) is 1. The van der Waals surface area contributed by atoms with Crippen LogP contribution in [0.15, 0.2) is 18.2 Å². The van der Waals surface area contributed by atoms with E-state index in [4.69, 9.17) is 10.5 Å². The number of phenols is 1. The first-order chi connectivity index (χ1) is 8.08. The molecule has 0 fully saturated rings. The van der Waals surface area contributed by atoms with Gasteiger partial charge in [-0.2, -0.15) is 0 Å². The zero-order valence-electron chi connectivity index (χ0n) is 10.1. The van der Waals surface area contributed by atoms with Crippen molar-refractivity contribution in [1.29, 1.82) is 0 Å². The molecule has 94 valence electrons. The van der Waals surface area contributed by atoms with Gasteiger partial charge in [-0.25, -0.2) is 0 Å². The van der Waals surface area contributed by atoms with E-state index in [9.17, 15) is 9.90 Å². The van der Waals surface area contributed by atoms with E-state index in [1.54, 1.807) is 6.07 Å². The third-order valence-electron chi connectivity index (χ3n) is 2.43. The van der Waals surface area contributed by atoms with Crippen molar-refractivity contribution in [2.75, 3.05) is 13.7 Å². The lowest BCUT2D eigenvalue weighted by Crippen LogP contribution is -2.34. The van der Waals surface area contributed by atoms with Crippen LogP contribution in [0.3, 0.4) is 0 Å². The van der Waals surface area contributed by atoms with E-state index >= 15 is 0 Å². The number of phenolic OH excluding ortho intramolecular Hbond substituents is 1. The quantitative estimate of drug-likeness (QED) is 0.710. The molecule has 0 saturated heterocycles. The Hall–Kier alpha value is -1.75. The number of carbonyl (C=O) groups excluding carboxylic acids is 1. The number of hydrogen-bond acceptors (Lipinski definition) is 4. The predicted octanol–water partition coefficient (Wildman–Crippen LogP) is 0.868. The van der Waals surface area contributed by atoms with Crippen molar-refractivity contribution in [1.82, 2.24) is 5.32 Å². The van der Waals surface area contributed by atoms with Gasteiger partial charge in [0, 0.05) is 6.04 Å². The lowest BCUT2D eigenvalue weighted by atomic mass is 10.1. The average molecular weight is 238 g/mol. The van der Waals surface area contributed by atoms with Crippen LogP contribution in [-0.4, -0.2) is 30.7 Å². The number of rotatable bonds is 5. The highest BCUT2D eigenvalue weighted by Crippen LogP contribution is 2.22. The van der Waals surface area contributed by atoms with Crippen molar-refractivity contribution in [2.45, 2.75) is 19.4 Å². The first-order valence-corrected chi connectivity index (χ1v) is 5.46. The van der Waals surface area contributed by atoms with Gasteiger partial charge in [-0.1, -0.05) is 0 Å². The molecule has 0 heterocycles. The van der Waals surface area contributed by atoms with Gasteiger partial charge in [0.05, 0.1) is 12.7 Å². The van der Waals surface area contributed by atoms with Crippen molar-refractivity contribution in [3.63, 3.8) is 0 Å². The summed E-state index contributed by atoms with van der Waals surface area (Å²) in [6.07, 6.45) is 0.691. The van der Waals surface area contributed by atoms with Crippen LogP contribution in [0, 0.1) is 0 Å². The Balaban J connectivity index is 2.80. The van der Waals surface area contributed by atoms with Gasteiger partial charge in [0.15, 0.2) is 0 Å². The highest BCUT2D eigenvalue weighted by molar-refractivity contribution is 5.97. The molecule has 0 aliphatic heterocycles. The van der Waals surface area contributed by atoms with E-state index in [-0.39, 0.29) is 23.3 Å². The van der Waals surface area contributed by atoms with Crippen molar-refractivity contribution >= 4 is 5.91 Å². The van der Waals surface area contributed by atoms with Crippen molar-refractivity contribution < 1.29 is 14.6 Å². The predicted molar refractivity (Wildman–Crippen MR) is 65.3 cm³/mol. The van der Waals surface area contributed by atoms with Gasteiger partial charge in [0.25, 0.3) is 5.91 Å². The van der Waals surface area contributed by atoms with Gasteiger partial charge < -0.3 is 20.9 Å². The number of carbonyl (C=O) groups is 1. The number of hydrogen-bond donors (Lipinski definition) is 3. The first-order valence-electron chi connectivity index (χ1n) is 5.46. The second kappa shape index (κ2) is 6.10. The van der Waals surface area contributed by atoms with Gasteiger partial charge in [-0.3, -0.25) is 4.79 Å². The molecule has 1 aromatic carbocycles. The first kappa shape index (κ1) is 13.3. The van der Waals surface area contributed by atoms with E-state index in [0.29, 0.717) is 18.7 Å². The number of amides is 1. The molecule has 0 saturated carbocycles. The third kappa shape index (κ3) is 3.64. The minimum atomic E-state index is -0.331. The van der Waals surface area contributed by atoms with E-state index in [1.807, 2.05) is 6.92 Å². The van der Waals surface area contributed by atoms with Crippen LogP contribution in [0.25, 0.3) is 0 Å². The molecule has 1 unspecified atom stereocenters. The van der Waals surface area contributed by atoms with Gasteiger partial charge in [-0.15, -0.1) is 0 Å². The molecule has 0 aliphatic carbocycles. The van der Waals surface area contributed by atoms with Crippen molar-refractivity contribution in [3.8, 4) is 11.5 Å². The standard InChI is InChI=1S/C12H18N2O3/c1-8(5-6-13)14-12(16)10-7-9(17-2)3-4-11(10)15/h3-4,7-8,15H,5-6,13H2,1-2H3,(H,14,16). The van der Waals surface area contributed by atoms with E-state index in [0.717, 1.165) is 0 Å². The lowest BCUT2D eigenvalue weighted by molar-refractivity contribution is 0.0936. The summed E-state index contributed by atoms with van der Waals surface area (Å²) >= 11 is 0. The second-order valence-electron chi connectivity index (χ2n) is 3.83. The molecule has 4 N–H and O–H groups in total. The Bertz CT molecular complexity index is 393. The number of methoxy groups -OCH3 is 1. The minimum Gasteiger partial charge on any atom is -0.507 e. The smallest absolute Gasteiger partial charge is 0.255 e. The molecule has 1 rings (SSSR count). The fraction of sp³-hybridized carbons (Fsp3) is 0.417. The molecule has 0 radical (unpaired) electrons. The molecule has 5 nitrogen and oxygen atoms in total. The van der Waals surface area contributed by atoms with E-state index in [1.165, 1.54) is 19.2 Å². The van der Waals surface area contributed by atoms with Gasteiger partial charge in [0.2, 0.25) is 0 Å². The number of benzene rings is 1. The zero-order chi connectivity index (χ0) is 12.8. The monoisotopic (exact) mass is 238 g/mol. The molecule has 1 aromatic rings. The summed E-state index contributed by atoms with van der Waals surface area (Å²) < 4.78 is 5.00. The summed E-state index contributed by atoms with van der Waals surface area (Å²) in [5.41, 5.74) is 5.60. The normalized spacial score (nSPS) is 11.9. The SMILES string of the molecule is COc1ccc(O)c(C(=O)NC(C)CCN)c1. The fourth-order valence-electron chi connectivity index (χ4n) is 1.45. The van der Waals surface area contributed by atoms with Crippen LogP contribution in [0.2, 0.25) is 0 Å².